The molecule has 2 aromatic rings. The molecule has 1 aromatic heterocycles. The third kappa shape index (κ3) is 2.50. The number of aromatic nitrogens is 2. The Morgan fingerprint density at radius 3 is 2.75 bits per heavy atom. The lowest BCUT2D eigenvalue weighted by atomic mass is 10.2. The molecule has 0 spiro atoms. The summed E-state index contributed by atoms with van der Waals surface area (Å²) in [5.74, 6) is -0.100. The van der Waals surface area contributed by atoms with E-state index in [-0.39, 0.29) is 11.5 Å². The fourth-order valence-corrected chi connectivity index (χ4v) is 3.00. The Labute approximate surface area is 119 Å². The fraction of sp³-hybridized carbons (Fsp3) is 0.167. The van der Waals surface area contributed by atoms with E-state index < -0.39 is 4.92 Å². The molecule has 0 aliphatic rings. The van der Waals surface area contributed by atoms with Gasteiger partial charge in [0, 0.05) is 13.1 Å². The highest BCUT2D eigenvalue weighted by atomic mass is 32.2. The molecule has 0 saturated heterocycles. The van der Waals surface area contributed by atoms with Crippen LogP contribution >= 0.6 is 11.8 Å². The maximum atomic E-state index is 11.0. The largest absolute Gasteiger partial charge is 0.384 e. The molecule has 0 fully saturated rings. The SMILES string of the molecule is Cc1nn(C)c(Sc2ccccc2[N+](=O)[O-])c1C(=N)N. The topological polar surface area (TPSA) is 111 Å². The number of nitrogens with two attached hydrogens (primary N) is 1. The van der Waals surface area contributed by atoms with Crippen molar-refractivity contribution in [3.63, 3.8) is 0 Å². The summed E-state index contributed by atoms with van der Waals surface area (Å²) in [4.78, 5) is 11.1. The van der Waals surface area contributed by atoms with Gasteiger partial charge in [-0.1, -0.05) is 23.9 Å². The molecule has 3 N–H and O–H groups in total. The number of benzene rings is 1. The molecule has 8 heteroatoms. The summed E-state index contributed by atoms with van der Waals surface area (Å²) in [5.41, 5.74) is 6.72. The van der Waals surface area contributed by atoms with Crippen LogP contribution in [0.2, 0.25) is 0 Å². The van der Waals surface area contributed by atoms with Crippen molar-refractivity contribution in [1.82, 2.24) is 9.78 Å². The van der Waals surface area contributed by atoms with Gasteiger partial charge >= 0.3 is 0 Å². The molecule has 0 aliphatic heterocycles. The molecular weight excluding hydrogens is 278 g/mol. The third-order valence-electron chi connectivity index (χ3n) is 2.71. The van der Waals surface area contributed by atoms with Gasteiger partial charge in [-0.25, -0.2) is 0 Å². The zero-order valence-corrected chi connectivity index (χ0v) is 11.8. The summed E-state index contributed by atoms with van der Waals surface area (Å²) in [6.07, 6.45) is 0. The van der Waals surface area contributed by atoms with Gasteiger partial charge in [0.1, 0.15) is 10.9 Å². The molecule has 0 radical (unpaired) electrons. The first-order chi connectivity index (χ1) is 9.41. The molecule has 20 heavy (non-hydrogen) atoms. The van der Waals surface area contributed by atoms with Crippen molar-refractivity contribution in [3.05, 3.63) is 45.6 Å². The van der Waals surface area contributed by atoms with E-state index in [0.717, 1.165) is 0 Å². The van der Waals surface area contributed by atoms with E-state index in [0.29, 0.717) is 21.2 Å². The van der Waals surface area contributed by atoms with Crippen molar-refractivity contribution in [1.29, 1.82) is 5.41 Å². The van der Waals surface area contributed by atoms with Gasteiger partial charge in [-0.05, 0) is 13.0 Å². The second-order valence-corrected chi connectivity index (χ2v) is 5.16. The van der Waals surface area contributed by atoms with Crippen LogP contribution in [0.4, 0.5) is 5.69 Å². The van der Waals surface area contributed by atoms with Gasteiger partial charge in [0.25, 0.3) is 5.69 Å². The summed E-state index contributed by atoms with van der Waals surface area (Å²) < 4.78 is 1.58. The van der Waals surface area contributed by atoms with Gasteiger partial charge in [0.05, 0.1) is 21.1 Å². The smallest absolute Gasteiger partial charge is 0.283 e. The van der Waals surface area contributed by atoms with E-state index in [1.54, 1.807) is 36.9 Å². The van der Waals surface area contributed by atoms with Gasteiger partial charge in [-0.15, -0.1) is 0 Å². The van der Waals surface area contributed by atoms with Crippen molar-refractivity contribution in [2.24, 2.45) is 12.8 Å². The number of hydrogen-bond donors (Lipinski definition) is 2. The van der Waals surface area contributed by atoms with Crippen molar-refractivity contribution in [2.75, 3.05) is 0 Å². The van der Waals surface area contributed by atoms with E-state index in [9.17, 15) is 10.1 Å². The molecule has 0 saturated carbocycles. The van der Waals surface area contributed by atoms with Crippen LogP contribution in [-0.4, -0.2) is 20.5 Å². The van der Waals surface area contributed by atoms with Crippen LogP contribution in [0.3, 0.4) is 0 Å². The molecule has 0 aliphatic carbocycles. The summed E-state index contributed by atoms with van der Waals surface area (Å²) >= 11 is 1.18. The molecule has 1 aromatic carbocycles. The Balaban J connectivity index is 2.51. The van der Waals surface area contributed by atoms with E-state index in [2.05, 4.69) is 5.10 Å². The minimum Gasteiger partial charge on any atom is -0.384 e. The Morgan fingerprint density at radius 2 is 2.15 bits per heavy atom. The lowest BCUT2D eigenvalue weighted by Gasteiger charge is -2.05. The van der Waals surface area contributed by atoms with Crippen molar-refractivity contribution < 1.29 is 4.92 Å². The highest BCUT2D eigenvalue weighted by Crippen LogP contribution is 2.36. The Morgan fingerprint density at radius 1 is 1.50 bits per heavy atom. The minimum absolute atomic E-state index is 0.0193. The van der Waals surface area contributed by atoms with E-state index in [1.807, 2.05) is 0 Å². The number of hydrogen-bond acceptors (Lipinski definition) is 5. The number of nitrogen functional groups attached to an aromatic ring is 1. The number of amidine groups is 1. The predicted octanol–water partition coefficient (Wildman–Crippen LogP) is 2.07. The molecule has 104 valence electrons. The molecule has 0 unspecified atom stereocenters. The molecule has 0 atom stereocenters. The van der Waals surface area contributed by atoms with Crippen molar-refractivity contribution >= 4 is 23.3 Å². The average molecular weight is 291 g/mol. The molecule has 0 bridgehead atoms. The lowest BCUT2D eigenvalue weighted by Crippen LogP contribution is -2.13. The number of aryl methyl sites for hydroxylation is 2. The highest BCUT2D eigenvalue weighted by Gasteiger charge is 2.21. The zero-order chi connectivity index (χ0) is 14.9. The van der Waals surface area contributed by atoms with Crippen LogP contribution in [0.25, 0.3) is 0 Å². The molecule has 0 amide bonds. The van der Waals surface area contributed by atoms with Gasteiger partial charge in [-0.3, -0.25) is 20.2 Å². The van der Waals surface area contributed by atoms with Crippen molar-refractivity contribution in [3.8, 4) is 0 Å². The molecule has 2 rings (SSSR count). The minimum atomic E-state index is -0.432. The zero-order valence-electron chi connectivity index (χ0n) is 11.0. The second-order valence-electron chi connectivity index (χ2n) is 4.13. The van der Waals surface area contributed by atoms with Crippen LogP contribution in [-0.2, 0) is 7.05 Å². The number of para-hydroxylation sites is 1. The average Bonchev–Trinajstić information content (AvgIpc) is 2.64. The first-order valence-electron chi connectivity index (χ1n) is 5.71. The Kier molecular flexibility index (Phi) is 3.75. The standard InChI is InChI=1S/C12H13N5O2S/c1-7-10(11(13)14)12(16(2)15-7)20-9-6-4-3-5-8(9)17(18)19/h3-6H,1-2H3,(H3,13,14). The van der Waals surface area contributed by atoms with Crippen LogP contribution < -0.4 is 5.73 Å². The number of nitro groups is 1. The van der Waals surface area contributed by atoms with Gasteiger partial charge < -0.3 is 5.73 Å². The van der Waals surface area contributed by atoms with Crippen molar-refractivity contribution in [2.45, 2.75) is 16.8 Å². The summed E-state index contributed by atoms with van der Waals surface area (Å²) in [6.45, 7) is 1.75. The van der Waals surface area contributed by atoms with Gasteiger partial charge in [0.15, 0.2) is 0 Å². The summed E-state index contributed by atoms with van der Waals surface area (Å²) in [6, 6.07) is 6.45. The first kappa shape index (κ1) is 14.1. The van der Waals surface area contributed by atoms with Gasteiger partial charge in [0.2, 0.25) is 0 Å². The Bertz CT molecular complexity index is 695. The maximum Gasteiger partial charge on any atom is 0.283 e. The normalized spacial score (nSPS) is 10.5. The molecular formula is C12H13N5O2S. The third-order valence-corrected chi connectivity index (χ3v) is 3.93. The van der Waals surface area contributed by atoms with Crippen LogP contribution in [0.1, 0.15) is 11.3 Å². The molecule has 7 nitrogen and oxygen atoms in total. The predicted molar refractivity (Wildman–Crippen MR) is 76.2 cm³/mol. The van der Waals surface area contributed by atoms with Crippen LogP contribution in [0, 0.1) is 22.4 Å². The summed E-state index contributed by atoms with van der Waals surface area (Å²) in [5, 5.41) is 23.5. The number of nitrogens with one attached hydrogen (secondary N) is 1. The quantitative estimate of drug-likeness (QED) is 0.388. The van der Waals surface area contributed by atoms with Gasteiger partial charge in [-0.2, -0.15) is 5.10 Å². The lowest BCUT2D eigenvalue weighted by molar-refractivity contribution is -0.387. The first-order valence-corrected chi connectivity index (χ1v) is 6.52. The number of nitro benzene ring substituents is 1. The number of rotatable bonds is 4. The molecule has 1 heterocycles. The Hall–Kier alpha value is -2.35. The summed E-state index contributed by atoms with van der Waals surface area (Å²) in [7, 11) is 1.72. The van der Waals surface area contributed by atoms with E-state index in [1.165, 1.54) is 17.8 Å². The van der Waals surface area contributed by atoms with E-state index in [4.69, 9.17) is 11.1 Å². The number of nitrogens with zero attached hydrogens (tertiary/aromatic N) is 3. The second kappa shape index (κ2) is 5.33. The van der Waals surface area contributed by atoms with Crippen LogP contribution in [0.5, 0.6) is 0 Å². The van der Waals surface area contributed by atoms with E-state index >= 15 is 0 Å². The highest BCUT2D eigenvalue weighted by molar-refractivity contribution is 7.99. The monoisotopic (exact) mass is 291 g/mol. The fourth-order valence-electron chi connectivity index (χ4n) is 1.86. The van der Waals surface area contributed by atoms with Crippen LogP contribution in [0.15, 0.2) is 34.2 Å². The maximum absolute atomic E-state index is 11.0.